The van der Waals surface area contributed by atoms with Crippen molar-refractivity contribution in [3.63, 3.8) is 0 Å². The summed E-state index contributed by atoms with van der Waals surface area (Å²) in [7, 11) is 0. The van der Waals surface area contributed by atoms with Crippen molar-refractivity contribution in [2.45, 2.75) is 12.8 Å². The van der Waals surface area contributed by atoms with Gasteiger partial charge in [-0.3, -0.25) is 9.78 Å². The van der Waals surface area contributed by atoms with E-state index in [1.807, 2.05) is 18.2 Å². The molecule has 2 heterocycles. The second kappa shape index (κ2) is 5.02. The molecule has 4 heteroatoms. The minimum Gasteiger partial charge on any atom is -0.308 e. The highest BCUT2D eigenvalue weighted by Crippen LogP contribution is 2.29. The number of pyridine rings is 1. The molecule has 1 aromatic heterocycles. The lowest BCUT2D eigenvalue weighted by molar-refractivity contribution is 0.0985. The van der Waals surface area contributed by atoms with Gasteiger partial charge in [0.1, 0.15) is 0 Å². The van der Waals surface area contributed by atoms with Gasteiger partial charge in [0, 0.05) is 24.6 Å². The van der Waals surface area contributed by atoms with Gasteiger partial charge in [0.15, 0.2) is 0 Å². The van der Waals surface area contributed by atoms with E-state index in [-0.39, 0.29) is 5.91 Å². The number of halogens is 1. The second-order valence-electron chi connectivity index (χ2n) is 4.54. The smallest absolute Gasteiger partial charge is 0.261 e. The molecule has 1 aliphatic heterocycles. The number of hydrogen-bond donors (Lipinski definition) is 0. The molecule has 19 heavy (non-hydrogen) atoms. The lowest BCUT2D eigenvalue weighted by Crippen LogP contribution is -2.35. The van der Waals surface area contributed by atoms with E-state index < -0.39 is 0 Å². The topological polar surface area (TPSA) is 33.2 Å². The largest absolute Gasteiger partial charge is 0.308 e. The van der Waals surface area contributed by atoms with Crippen LogP contribution >= 0.6 is 11.6 Å². The second-order valence-corrected chi connectivity index (χ2v) is 4.95. The number of fused-ring (bicyclic) bond motifs is 1. The summed E-state index contributed by atoms with van der Waals surface area (Å²) in [6.45, 7) is 0.723. The van der Waals surface area contributed by atoms with E-state index in [2.05, 4.69) is 11.1 Å². The van der Waals surface area contributed by atoms with Crippen LogP contribution in [0.5, 0.6) is 0 Å². The minimum absolute atomic E-state index is 0.0785. The summed E-state index contributed by atoms with van der Waals surface area (Å²) in [5, 5.41) is 0.447. The van der Waals surface area contributed by atoms with Gasteiger partial charge < -0.3 is 4.90 Å². The molecule has 0 atom stereocenters. The standard InChI is InChI=1S/C15H13ClN2O/c16-13-7-8-17-10-12(13)15(19)18-9-3-5-11-4-1-2-6-14(11)18/h1-2,4,6-8,10H,3,5,9H2. The number of anilines is 1. The summed E-state index contributed by atoms with van der Waals surface area (Å²) in [5.74, 6) is -0.0785. The molecule has 1 aromatic carbocycles. The maximum atomic E-state index is 12.6. The van der Waals surface area contributed by atoms with Gasteiger partial charge in [0.2, 0.25) is 0 Å². The van der Waals surface area contributed by atoms with Crippen LogP contribution in [0.4, 0.5) is 5.69 Å². The zero-order chi connectivity index (χ0) is 13.2. The SMILES string of the molecule is O=C(c1cnccc1Cl)N1CCCc2ccccc21. The van der Waals surface area contributed by atoms with Crippen LogP contribution in [-0.2, 0) is 6.42 Å². The van der Waals surface area contributed by atoms with Gasteiger partial charge >= 0.3 is 0 Å². The number of nitrogens with zero attached hydrogens (tertiary/aromatic N) is 2. The zero-order valence-corrected chi connectivity index (χ0v) is 11.1. The fourth-order valence-electron chi connectivity index (χ4n) is 2.42. The van der Waals surface area contributed by atoms with Crippen LogP contribution in [0.15, 0.2) is 42.7 Å². The molecule has 0 N–H and O–H groups in total. The number of aryl methyl sites for hydroxylation is 1. The first-order valence-corrected chi connectivity index (χ1v) is 6.64. The van der Waals surface area contributed by atoms with Gasteiger partial charge in [-0.05, 0) is 30.5 Å². The van der Waals surface area contributed by atoms with Crippen molar-refractivity contribution < 1.29 is 4.79 Å². The van der Waals surface area contributed by atoms with Crippen molar-refractivity contribution in [1.82, 2.24) is 4.98 Å². The molecular weight excluding hydrogens is 260 g/mol. The number of hydrogen-bond acceptors (Lipinski definition) is 2. The van der Waals surface area contributed by atoms with E-state index >= 15 is 0 Å². The average molecular weight is 273 g/mol. The Labute approximate surface area is 116 Å². The Morgan fingerprint density at radius 2 is 2.11 bits per heavy atom. The summed E-state index contributed by atoms with van der Waals surface area (Å²) in [6, 6.07) is 9.65. The van der Waals surface area contributed by atoms with Crippen molar-refractivity contribution in [2.75, 3.05) is 11.4 Å². The Morgan fingerprint density at radius 1 is 1.26 bits per heavy atom. The summed E-state index contributed by atoms with van der Waals surface area (Å²) < 4.78 is 0. The highest BCUT2D eigenvalue weighted by molar-refractivity contribution is 6.34. The molecule has 0 fully saturated rings. The van der Waals surface area contributed by atoms with Crippen LogP contribution in [0.2, 0.25) is 5.02 Å². The predicted molar refractivity (Wildman–Crippen MR) is 75.7 cm³/mol. The first-order chi connectivity index (χ1) is 9.27. The maximum absolute atomic E-state index is 12.6. The molecule has 2 aromatic rings. The zero-order valence-electron chi connectivity index (χ0n) is 10.3. The molecule has 96 valence electrons. The van der Waals surface area contributed by atoms with Gasteiger partial charge in [-0.1, -0.05) is 29.8 Å². The van der Waals surface area contributed by atoms with Gasteiger partial charge in [-0.25, -0.2) is 0 Å². The molecule has 0 saturated carbocycles. The van der Waals surface area contributed by atoms with Gasteiger partial charge in [0.05, 0.1) is 10.6 Å². The number of carbonyl (C=O) groups is 1. The first kappa shape index (κ1) is 12.2. The summed E-state index contributed by atoms with van der Waals surface area (Å²) >= 11 is 6.08. The average Bonchev–Trinajstić information content (AvgIpc) is 2.46. The van der Waals surface area contributed by atoms with E-state index in [9.17, 15) is 4.79 Å². The summed E-state index contributed by atoms with van der Waals surface area (Å²) in [6.07, 6.45) is 5.10. The Balaban J connectivity index is 2.00. The van der Waals surface area contributed by atoms with Crippen molar-refractivity contribution in [1.29, 1.82) is 0 Å². The molecule has 0 aliphatic carbocycles. The molecular formula is C15H13ClN2O. The lowest BCUT2D eigenvalue weighted by atomic mass is 10.0. The van der Waals surface area contributed by atoms with Crippen LogP contribution in [0.25, 0.3) is 0 Å². The highest BCUT2D eigenvalue weighted by atomic mass is 35.5. The van der Waals surface area contributed by atoms with Crippen LogP contribution in [0.1, 0.15) is 22.3 Å². The Hall–Kier alpha value is -1.87. The van der Waals surface area contributed by atoms with E-state index in [1.54, 1.807) is 17.2 Å². The number of amides is 1. The van der Waals surface area contributed by atoms with Crippen molar-refractivity contribution in [3.8, 4) is 0 Å². The first-order valence-electron chi connectivity index (χ1n) is 6.26. The van der Waals surface area contributed by atoms with E-state index in [1.165, 1.54) is 11.8 Å². The van der Waals surface area contributed by atoms with E-state index in [0.29, 0.717) is 10.6 Å². The van der Waals surface area contributed by atoms with Crippen molar-refractivity contribution >= 4 is 23.2 Å². The van der Waals surface area contributed by atoms with Crippen LogP contribution in [0, 0.1) is 0 Å². The quantitative estimate of drug-likeness (QED) is 0.798. The van der Waals surface area contributed by atoms with Gasteiger partial charge in [-0.15, -0.1) is 0 Å². The third kappa shape index (κ3) is 2.22. The molecule has 1 amide bonds. The van der Waals surface area contributed by atoms with E-state index in [4.69, 9.17) is 11.6 Å². The molecule has 0 radical (unpaired) electrons. The number of para-hydroxylation sites is 1. The normalized spacial score (nSPS) is 14.1. The summed E-state index contributed by atoms with van der Waals surface area (Å²) in [5.41, 5.74) is 2.65. The Bertz CT molecular complexity index is 627. The fraction of sp³-hybridized carbons (Fsp3) is 0.200. The molecule has 3 rings (SSSR count). The Morgan fingerprint density at radius 3 is 2.95 bits per heavy atom. The minimum atomic E-state index is -0.0785. The fourth-order valence-corrected chi connectivity index (χ4v) is 2.61. The molecule has 1 aliphatic rings. The highest BCUT2D eigenvalue weighted by Gasteiger charge is 2.24. The van der Waals surface area contributed by atoms with Gasteiger partial charge in [0.25, 0.3) is 5.91 Å². The molecule has 0 spiro atoms. The number of carbonyl (C=O) groups excluding carboxylic acids is 1. The number of benzene rings is 1. The van der Waals surface area contributed by atoms with Gasteiger partial charge in [-0.2, -0.15) is 0 Å². The number of rotatable bonds is 1. The van der Waals surface area contributed by atoms with E-state index in [0.717, 1.165) is 25.1 Å². The number of aromatic nitrogens is 1. The van der Waals surface area contributed by atoms with Crippen molar-refractivity contribution in [3.05, 3.63) is 58.9 Å². The molecule has 3 nitrogen and oxygen atoms in total. The molecule has 0 bridgehead atoms. The maximum Gasteiger partial charge on any atom is 0.261 e. The molecule has 0 unspecified atom stereocenters. The van der Waals surface area contributed by atoms with Crippen LogP contribution in [-0.4, -0.2) is 17.4 Å². The third-order valence-corrected chi connectivity index (χ3v) is 3.68. The predicted octanol–water partition coefficient (Wildman–Crippen LogP) is 3.33. The van der Waals surface area contributed by atoms with Crippen molar-refractivity contribution in [2.24, 2.45) is 0 Å². The summed E-state index contributed by atoms with van der Waals surface area (Å²) in [4.78, 5) is 18.4. The monoisotopic (exact) mass is 272 g/mol. The van der Waals surface area contributed by atoms with Crippen LogP contribution in [0.3, 0.4) is 0 Å². The van der Waals surface area contributed by atoms with Crippen LogP contribution < -0.4 is 4.90 Å². The Kier molecular flexibility index (Phi) is 3.22. The molecule has 0 saturated heterocycles. The lowest BCUT2D eigenvalue weighted by Gasteiger charge is -2.29. The third-order valence-electron chi connectivity index (χ3n) is 3.35.